The fourth-order valence-electron chi connectivity index (χ4n) is 7.11. The molecule has 0 fully saturated rings. The van der Waals surface area contributed by atoms with E-state index in [0.717, 1.165) is 59.5 Å². The van der Waals surface area contributed by atoms with Crippen LogP contribution in [0.15, 0.2) is 71.6 Å². The molecule has 0 saturated carbocycles. The van der Waals surface area contributed by atoms with Gasteiger partial charge in [0.05, 0.1) is 7.11 Å². The minimum absolute atomic E-state index is 0.0354. The van der Waals surface area contributed by atoms with Gasteiger partial charge in [0.1, 0.15) is 12.4 Å². The number of hydrogen-bond donors (Lipinski definition) is 0. The minimum Gasteiger partial charge on any atom is -0.493 e. The lowest BCUT2D eigenvalue weighted by atomic mass is 9.63. The number of halogens is 1. The summed E-state index contributed by atoms with van der Waals surface area (Å²) in [5, 5.41) is 0. The molecule has 0 bridgehead atoms. The molecule has 43 heavy (non-hydrogen) atoms. The second kappa shape index (κ2) is 11.8. The third-order valence-electron chi connectivity index (χ3n) is 8.87. The van der Waals surface area contributed by atoms with Gasteiger partial charge in [0.25, 0.3) is 0 Å². The van der Waals surface area contributed by atoms with E-state index in [1.807, 2.05) is 12.1 Å². The first kappa shape index (κ1) is 30.8. The smallest absolute Gasteiger partial charge is 0.165 e. The molecule has 228 valence electrons. The molecular formula is C37H44FNO4. The lowest BCUT2D eigenvalue weighted by molar-refractivity contribution is -0.119. The summed E-state index contributed by atoms with van der Waals surface area (Å²) >= 11 is 0. The Kier molecular flexibility index (Phi) is 8.43. The first-order chi connectivity index (χ1) is 20.4. The molecule has 3 aliphatic rings. The van der Waals surface area contributed by atoms with Crippen LogP contribution in [0.25, 0.3) is 0 Å². The highest BCUT2D eigenvalue weighted by Crippen LogP contribution is 2.55. The van der Waals surface area contributed by atoms with Crippen LogP contribution < -0.4 is 9.47 Å². The van der Waals surface area contributed by atoms with E-state index in [9.17, 15) is 14.0 Å². The molecule has 5 rings (SSSR count). The summed E-state index contributed by atoms with van der Waals surface area (Å²) in [6.07, 6.45) is 5.59. The van der Waals surface area contributed by atoms with Crippen molar-refractivity contribution in [2.24, 2.45) is 10.8 Å². The Hall–Kier alpha value is -3.67. The van der Waals surface area contributed by atoms with Crippen LogP contribution in [0.3, 0.4) is 0 Å². The van der Waals surface area contributed by atoms with Crippen molar-refractivity contribution in [2.45, 2.75) is 85.7 Å². The predicted molar refractivity (Wildman–Crippen MR) is 167 cm³/mol. The number of carbonyl (C=O) groups excluding carboxylic acids is 2. The van der Waals surface area contributed by atoms with Gasteiger partial charge in [0.15, 0.2) is 23.1 Å². The number of allylic oxidation sites excluding steroid dienone is 5. The predicted octanol–water partition coefficient (Wildman–Crippen LogP) is 8.24. The van der Waals surface area contributed by atoms with Crippen LogP contribution in [0.4, 0.5) is 4.39 Å². The molecule has 2 aromatic rings. The lowest BCUT2D eigenvalue weighted by Crippen LogP contribution is -2.44. The van der Waals surface area contributed by atoms with Crippen molar-refractivity contribution in [1.29, 1.82) is 0 Å². The summed E-state index contributed by atoms with van der Waals surface area (Å²) in [7, 11) is 1.58. The summed E-state index contributed by atoms with van der Waals surface area (Å²) in [4.78, 5) is 30.5. The molecule has 6 heteroatoms. The number of hydrogen-bond acceptors (Lipinski definition) is 5. The maximum absolute atomic E-state index is 14.4. The van der Waals surface area contributed by atoms with Gasteiger partial charge < -0.3 is 14.4 Å². The Labute approximate surface area is 255 Å². The van der Waals surface area contributed by atoms with Gasteiger partial charge >= 0.3 is 0 Å². The van der Waals surface area contributed by atoms with Gasteiger partial charge in [0, 0.05) is 59.0 Å². The molecule has 0 amide bonds. The average Bonchev–Trinajstić information content (AvgIpc) is 2.92. The zero-order valence-electron chi connectivity index (χ0n) is 26.4. The van der Waals surface area contributed by atoms with Crippen molar-refractivity contribution in [3.63, 3.8) is 0 Å². The van der Waals surface area contributed by atoms with E-state index in [4.69, 9.17) is 9.47 Å². The average molecular weight is 586 g/mol. The third-order valence-corrected chi connectivity index (χ3v) is 8.87. The Morgan fingerprint density at radius 3 is 2.09 bits per heavy atom. The number of nitrogens with zero attached hydrogens (tertiary/aromatic N) is 1. The standard InChI is InChI=1S/C37H44FNO4/c1-8-12-23-16-25(17-31(42-7)35(23)43-22-24-13-10-11-14-26(24)38)32-33-27(18-36(3,4)20-29(33)40)39(15-9-2)28-19-37(5,6)21-30(41)34(28)32/h8,10-11,13-14,16-17,32H,1,9,12,15,18-22H2,2-7H3. The second-order valence-corrected chi connectivity index (χ2v) is 13.8. The highest BCUT2D eigenvalue weighted by Gasteiger charge is 2.49. The Bertz CT molecular complexity index is 1480. The maximum atomic E-state index is 14.4. The fraction of sp³-hybridized carbons (Fsp3) is 0.459. The molecule has 0 aromatic heterocycles. The SMILES string of the molecule is C=CCc1cc(C2C3=C(CC(C)(C)CC3=O)N(CCC)C3=C2C(=O)CC(C)(C)C3)cc(OC)c1OCc1ccccc1F. The lowest BCUT2D eigenvalue weighted by Gasteiger charge is -2.49. The minimum atomic E-state index is -0.483. The molecule has 2 aromatic carbocycles. The molecule has 1 heterocycles. The van der Waals surface area contributed by atoms with Gasteiger partial charge in [-0.05, 0) is 54.2 Å². The molecule has 0 atom stereocenters. The maximum Gasteiger partial charge on any atom is 0.165 e. The summed E-state index contributed by atoms with van der Waals surface area (Å²) in [5.74, 6) is 0.380. The first-order valence-corrected chi connectivity index (χ1v) is 15.4. The van der Waals surface area contributed by atoms with Crippen molar-refractivity contribution in [3.8, 4) is 11.5 Å². The van der Waals surface area contributed by atoms with Crippen molar-refractivity contribution in [1.82, 2.24) is 4.90 Å². The highest BCUT2D eigenvalue weighted by molar-refractivity contribution is 6.06. The van der Waals surface area contributed by atoms with Crippen molar-refractivity contribution >= 4 is 11.6 Å². The van der Waals surface area contributed by atoms with Crippen LogP contribution in [0.5, 0.6) is 11.5 Å². The largest absolute Gasteiger partial charge is 0.493 e. The molecule has 2 aliphatic carbocycles. The fourth-order valence-corrected chi connectivity index (χ4v) is 7.11. The first-order valence-electron chi connectivity index (χ1n) is 15.4. The van der Waals surface area contributed by atoms with E-state index in [2.05, 4.69) is 46.1 Å². The molecular weight excluding hydrogens is 541 g/mol. The second-order valence-electron chi connectivity index (χ2n) is 13.8. The van der Waals surface area contributed by atoms with Gasteiger partial charge in [-0.25, -0.2) is 4.39 Å². The van der Waals surface area contributed by atoms with Crippen LogP contribution in [-0.4, -0.2) is 30.1 Å². The van der Waals surface area contributed by atoms with E-state index in [1.165, 1.54) is 6.07 Å². The summed E-state index contributed by atoms with van der Waals surface area (Å²) in [5.41, 5.74) is 5.35. The third kappa shape index (κ3) is 5.93. The van der Waals surface area contributed by atoms with Crippen molar-refractivity contribution < 1.29 is 23.5 Å². The summed E-state index contributed by atoms with van der Waals surface area (Å²) in [6.45, 7) is 15.5. The van der Waals surface area contributed by atoms with Gasteiger partial charge in [-0.15, -0.1) is 6.58 Å². The topological polar surface area (TPSA) is 55.8 Å². The van der Waals surface area contributed by atoms with Crippen LogP contribution in [0.2, 0.25) is 0 Å². The summed E-state index contributed by atoms with van der Waals surface area (Å²) < 4.78 is 26.5. The van der Waals surface area contributed by atoms with Crippen LogP contribution >= 0.6 is 0 Å². The van der Waals surface area contributed by atoms with Crippen molar-refractivity contribution in [3.05, 3.63) is 94.1 Å². The monoisotopic (exact) mass is 585 g/mol. The van der Waals surface area contributed by atoms with Gasteiger partial charge in [-0.2, -0.15) is 0 Å². The van der Waals surface area contributed by atoms with E-state index in [1.54, 1.807) is 31.4 Å². The molecule has 5 nitrogen and oxygen atoms in total. The molecule has 0 radical (unpaired) electrons. The number of ketones is 2. The number of ether oxygens (including phenoxy) is 2. The van der Waals surface area contributed by atoms with Gasteiger partial charge in [0.2, 0.25) is 0 Å². The quantitative estimate of drug-likeness (QED) is 0.278. The molecule has 0 spiro atoms. The van der Waals surface area contributed by atoms with Gasteiger partial charge in [-0.1, -0.05) is 65.0 Å². The van der Waals surface area contributed by atoms with Gasteiger partial charge in [-0.3, -0.25) is 9.59 Å². The molecule has 0 N–H and O–H groups in total. The van der Waals surface area contributed by atoms with E-state index < -0.39 is 5.92 Å². The van der Waals surface area contributed by atoms with E-state index in [-0.39, 0.29) is 34.8 Å². The number of methoxy groups -OCH3 is 1. The normalized spacial score (nSPS) is 19.7. The van der Waals surface area contributed by atoms with Crippen LogP contribution in [0.1, 0.15) is 89.3 Å². The Balaban J connectivity index is 1.70. The Morgan fingerprint density at radius 1 is 0.953 bits per heavy atom. The zero-order valence-corrected chi connectivity index (χ0v) is 26.4. The summed E-state index contributed by atoms with van der Waals surface area (Å²) in [6, 6.07) is 10.5. The highest BCUT2D eigenvalue weighted by atomic mass is 19.1. The Morgan fingerprint density at radius 2 is 1.56 bits per heavy atom. The van der Waals surface area contributed by atoms with Crippen LogP contribution in [-0.2, 0) is 22.6 Å². The van der Waals surface area contributed by atoms with E-state index in [0.29, 0.717) is 36.3 Å². The number of carbonyl (C=O) groups is 2. The van der Waals surface area contributed by atoms with Crippen molar-refractivity contribution in [2.75, 3.05) is 13.7 Å². The number of Topliss-reactive ketones (excluding diaryl/α,β-unsaturated/α-hetero) is 2. The number of benzene rings is 2. The van der Waals surface area contributed by atoms with E-state index >= 15 is 0 Å². The molecule has 1 aliphatic heterocycles. The molecule has 0 unspecified atom stereocenters. The van der Waals surface area contributed by atoms with Crippen LogP contribution in [0, 0.1) is 16.6 Å². The number of rotatable bonds is 9. The zero-order chi connectivity index (χ0) is 31.1. The molecule has 0 saturated heterocycles.